The molecule has 1 rings (SSSR count). The van der Waals surface area contributed by atoms with E-state index in [9.17, 15) is 4.39 Å². The quantitative estimate of drug-likeness (QED) is 0.646. The molecule has 0 N–H and O–H groups in total. The third-order valence-electron chi connectivity index (χ3n) is 2.29. The number of alkyl halides is 1. The predicted molar refractivity (Wildman–Crippen MR) is 59.3 cm³/mol. The van der Waals surface area contributed by atoms with Gasteiger partial charge in [0.25, 0.3) is 0 Å². The fraction of sp³-hybridized carbons (Fsp3) is 0.500. The highest BCUT2D eigenvalue weighted by molar-refractivity contribution is 6.20. The van der Waals surface area contributed by atoms with Crippen LogP contribution in [0.5, 0.6) is 0 Å². The smallest absolute Gasteiger partial charge is 0.126 e. The van der Waals surface area contributed by atoms with E-state index in [1.165, 1.54) is 6.07 Å². The summed E-state index contributed by atoms with van der Waals surface area (Å²) in [6.07, 6.45) is 3.69. The van der Waals surface area contributed by atoms with Gasteiger partial charge in [-0.05, 0) is 30.9 Å². The maximum Gasteiger partial charge on any atom is 0.126 e. The van der Waals surface area contributed by atoms with Crippen LogP contribution in [0.1, 0.15) is 31.7 Å². The van der Waals surface area contributed by atoms with Crippen molar-refractivity contribution < 1.29 is 4.39 Å². The maximum absolute atomic E-state index is 13.2. The number of hydrogen-bond acceptors (Lipinski definition) is 0. The van der Waals surface area contributed by atoms with Crippen LogP contribution in [-0.2, 0) is 6.42 Å². The van der Waals surface area contributed by atoms with E-state index >= 15 is 0 Å². The van der Waals surface area contributed by atoms with Crippen molar-refractivity contribution in [3.8, 4) is 0 Å². The summed E-state index contributed by atoms with van der Waals surface area (Å²) in [5.74, 6) is -0.118. The normalized spacial score (nSPS) is 12.8. The summed E-state index contributed by atoms with van der Waals surface area (Å²) in [6.45, 7) is 2.11. The van der Waals surface area contributed by atoms with Crippen molar-refractivity contribution in [2.24, 2.45) is 0 Å². The largest absolute Gasteiger partial charge is 0.207 e. The molecule has 1 aromatic rings. The molecule has 0 saturated carbocycles. The molecule has 0 bridgehead atoms. The lowest BCUT2D eigenvalue weighted by Crippen LogP contribution is -2.01. The fourth-order valence-corrected chi connectivity index (χ4v) is 1.80. The lowest BCUT2D eigenvalue weighted by Gasteiger charge is -2.07. The summed E-state index contributed by atoms with van der Waals surface area (Å²) < 4.78 is 13.2. The van der Waals surface area contributed by atoms with Gasteiger partial charge in [0.15, 0.2) is 0 Å². The van der Waals surface area contributed by atoms with Gasteiger partial charge in [-0.1, -0.05) is 31.5 Å². The summed E-state index contributed by atoms with van der Waals surface area (Å²) in [4.78, 5) is 0. The standard InChI is InChI=1S/C12H16ClF/c1-2-5-11(13)9-8-10-6-3-4-7-12(10)14/h3-4,6-7,11H,2,5,8-9H2,1H3. The molecule has 0 saturated heterocycles. The van der Waals surface area contributed by atoms with E-state index in [1.54, 1.807) is 6.07 Å². The lowest BCUT2D eigenvalue weighted by atomic mass is 10.1. The number of aryl methyl sites for hydroxylation is 1. The van der Waals surface area contributed by atoms with Gasteiger partial charge in [0.05, 0.1) is 0 Å². The number of rotatable bonds is 5. The second-order valence-corrected chi connectivity index (χ2v) is 4.13. The van der Waals surface area contributed by atoms with Crippen LogP contribution >= 0.6 is 11.6 Å². The van der Waals surface area contributed by atoms with E-state index in [2.05, 4.69) is 6.92 Å². The van der Waals surface area contributed by atoms with E-state index in [-0.39, 0.29) is 11.2 Å². The second kappa shape index (κ2) is 6.02. The molecule has 0 aromatic heterocycles. The zero-order valence-corrected chi connectivity index (χ0v) is 9.23. The highest BCUT2D eigenvalue weighted by Gasteiger charge is 2.05. The first-order valence-corrected chi connectivity index (χ1v) is 5.55. The van der Waals surface area contributed by atoms with Gasteiger partial charge in [-0.15, -0.1) is 11.6 Å². The minimum atomic E-state index is -0.118. The third-order valence-corrected chi connectivity index (χ3v) is 2.72. The highest BCUT2D eigenvalue weighted by Crippen LogP contribution is 2.15. The van der Waals surface area contributed by atoms with Gasteiger partial charge in [0.2, 0.25) is 0 Å². The van der Waals surface area contributed by atoms with Gasteiger partial charge in [-0.25, -0.2) is 4.39 Å². The fourth-order valence-electron chi connectivity index (χ4n) is 1.47. The molecule has 1 aromatic carbocycles. The molecule has 1 atom stereocenters. The lowest BCUT2D eigenvalue weighted by molar-refractivity contribution is 0.596. The van der Waals surface area contributed by atoms with Crippen molar-refractivity contribution in [1.29, 1.82) is 0 Å². The number of halogens is 2. The van der Waals surface area contributed by atoms with Crippen molar-refractivity contribution in [3.63, 3.8) is 0 Å². The molecular formula is C12H16ClF. The van der Waals surface area contributed by atoms with Gasteiger partial charge < -0.3 is 0 Å². The van der Waals surface area contributed by atoms with E-state index < -0.39 is 0 Å². The Bertz CT molecular complexity index is 273. The average molecular weight is 215 g/mol. The Morgan fingerprint density at radius 2 is 2.00 bits per heavy atom. The molecule has 0 fully saturated rings. The summed E-state index contributed by atoms with van der Waals surface area (Å²) in [7, 11) is 0. The molecule has 0 heterocycles. The van der Waals surface area contributed by atoms with Crippen LogP contribution < -0.4 is 0 Å². The molecule has 2 heteroatoms. The van der Waals surface area contributed by atoms with Gasteiger partial charge in [0, 0.05) is 5.38 Å². The second-order valence-electron chi connectivity index (χ2n) is 3.52. The molecule has 0 spiro atoms. The third kappa shape index (κ3) is 3.67. The van der Waals surface area contributed by atoms with Gasteiger partial charge in [-0.3, -0.25) is 0 Å². The highest BCUT2D eigenvalue weighted by atomic mass is 35.5. The summed E-state index contributed by atoms with van der Waals surface area (Å²) in [6, 6.07) is 6.90. The van der Waals surface area contributed by atoms with E-state index in [4.69, 9.17) is 11.6 Å². The Hall–Kier alpha value is -0.560. The van der Waals surface area contributed by atoms with Crippen molar-refractivity contribution >= 4 is 11.6 Å². The summed E-state index contributed by atoms with van der Waals surface area (Å²) >= 11 is 6.06. The molecule has 0 amide bonds. The van der Waals surface area contributed by atoms with Gasteiger partial charge in [-0.2, -0.15) is 0 Å². The number of benzene rings is 1. The monoisotopic (exact) mass is 214 g/mol. The molecule has 0 aliphatic rings. The average Bonchev–Trinajstić information content (AvgIpc) is 2.17. The molecule has 0 aliphatic carbocycles. The van der Waals surface area contributed by atoms with Crippen LogP contribution in [0.15, 0.2) is 24.3 Å². The topological polar surface area (TPSA) is 0 Å². The minimum Gasteiger partial charge on any atom is -0.207 e. The number of hydrogen-bond donors (Lipinski definition) is 0. The molecule has 1 unspecified atom stereocenters. The van der Waals surface area contributed by atoms with Crippen molar-refractivity contribution in [2.75, 3.05) is 0 Å². The Morgan fingerprint density at radius 1 is 1.29 bits per heavy atom. The van der Waals surface area contributed by atoms with Crippen molar-refractivity contribution in [2.45, 2.75) is 38.0 Å². The Kier molecular flexibility index (Phi) is 4.95. The van der Waals surface area contributed by atoms with Crippen LogP contribution in [0.3, 0.4) is 0 Å². The molecule has 0 aliphatic heterocycles. The van der Waals surface area contributed by atoms with E-state index in [1.807, 2.05) is 12.1 Å². The van der Waals surface area contributed by atoms with Crippen LogP contribution in [0, 0.1) is 5.82 Å². The van der Waals surface area contributed by atoms with Crippen LogP contribution in [-0.4, -0.2) is 5.38 Å². The van der Waals surface area contributed by atoms with Crippen LogP contribution in [0.2, 0.25) is 0 Å². The summed E-state index contributed by atoms with van der Waals surface area (Å²) in [5, 5.41) is 0.180. The molecule has 78 valence electrons. The maximum atomic E-state index is 13.2. The zero-order chi connectivity index (χ0) is 10.4. The molecule has 14 heavy (non-hydrogen) atoms. The predicted octanol–water partition coefficient (Wildman–Crippen LogP) is 4.17. The van der Waals surface area contributed by atoms with Gasteiger partial charge >= 0.3 is 0 Å². The SMILES string of the molecule is CCCC(Cl)CCc1ccccc1F. The molecule has 0 radical (unpaired) electrons. The first-order chi connectivity index (χ1) is 6.74. The first-order valence-electron chi connectivity index (χ1n) is 5.11. The first kappa shape index (κ1) is 11.5. The zero-order valence-electron chi connectivity index (χ0n) is 8.47. The van der Waals surface area contributed by atoms with Gasteiger partial charge in [0.1, 0.15) is 5.82 Å². The molecular weight excluding hydrogens is 199 g/mol. The Morgan fingerprint density at radius 3 is 2.64 bits per heavy atom. The van der Waals surface area contributed by atoms with Crippen LogP contribution in [0.25, 0.3) is 0 Å². The van der Waals surface area contributed by atoms with Crippen molar-refractivity contribution in [3.05, 3.63) is 35.6 Å². The molecule has 0 nitrogen and oxygen atoms in total. The minimum absolute atomic E-state index is 0.118. The van der Waals surface area contributed by atoms with E-state index in [0.29, 0.717) is 0 Å². The Balaban J connectivity index is 2.41. The van der Waals surface area contributed by atoms with Crippen LogP contribution in [0.4, 0.5) is 4.39 Å². The van der Waals surface area contributed by atoms with E-state index in [0.717, 1.165) is 31.2 Å². The summed E-state index contributed by atoms with van der Waals surface area (Å²) in [5.41, 5.74) is 0.772. The Labute approximate surface area is 90.1 Å². The van der Waals surface area contributed by atoms with Crippen molar-refractivity contribution in [1.82, 2.24) is 0 Å².